The van der Waals surface area contributed by atoms with Crippen molar-refractivity contribution in [2.24, 2.45) is 11.7 Å². The highest BCUT2D eigenvalue weighted by molar-refractivity contribution is 6.31. The summed E-state index contributed by atoms with van der Waals surface area (Å²) in [6.07, 6.45) is 4.58. The van der Waals surface area contributed by atoms with Crippen LogP contribution in [0.4, 0.5) is 0 Å². The Morgan fingerprint density at radius 2 is 2.10 bits per heavy atom. The fourth-order valence-corrected chi connectivity index (χ4v) is 3.22. The second-order valence-electron chi connectivity index (χ2n) is 5.73. The average Bonchev–Trinajstić information content (AvgIpc) is 2.48. The third-order valence-electron chi connectivity index (χ3n) is 4.39. The molecule has 1 aliphatic carbocycles. The van der Waals surface area contributed by atoms with E-state index in [1.54, 1.807) is 12.1 Å². The van der Waals surface area contributed by atoms with Gasteiger partial charge in [-0.2, -0.15) is 0 Å². The first-order valence-electron chi connectivity index (χ1n) is 7.28. The van der Waals surface area contributed by atoms with Crippen LogP contribution in [0.15, 0.2) is 18.2 Å². The number of rotatable bonds is 3. The van der Waals surface area contributed by atoms with E-state index < -0.39 is 0 Å². The quantitative estimate of drug-likeness (QED) is 0.930. The van der Waals surface area contributed by atoms with Gasteiger partial charge in [-0.1, -0.05) is 24.4 Å². The van der Waals surface area contributed by atoms with Gasteiger partial charge >= 0.3 is 0 Å². The van der Waals surface area contributed by atoms with Crippen LogP contribution in [0, 0.1) is 12.8 Å². The first-order valence-corrected chi connectivity index (χ1v) is 7.65. The highest BCUT2D eigenvalue weighted by Gasteiger charge is 2.30. The lowest BCUT2D eigenvalue weighted by Crippen LogP contribution is -2.45. The van der Waals surface area contributed by atoms with Crippen LogP contribution in [0.3, 0.4) is 0 Å². The molecule has 2 N–H and O–H groups in total. The number of nitrogens with zero attached hydrogens (tertiary/aromatic N) is 1. The van der Waals surface area contributed by atoms with Gasteiger partial charge < -0.3 is 10.6 Å². The third-order valence-corrected chi connectivity index (χ3v) is 4.82. The van der Waals surface area contributed by atoms with Crippen LogP contribution in [0.5, 0.6) is 0 Å². The van der Waals surface area contributed by atoms with E-state index in [1.807, 2.05) is 24.9 Å². The highest BCUT2D eigenvalue weighted by Crippen LogP contribution is 2.28. The maximum atomic E-state index is 12.6. The van der Waals surface area contributed by atoms with E-state index in [1.165, 1.54) is 12.8 Å². The Hall–Kier alpha value is -1.06. The fraction of sp³-hybridized carbons (Fsp3) is 0.562. The lowest BCUT2D eigenvalue weighted by atomic mass is 9.83. The summed E-state index contributed by atoms with van der Waals surface area (Å²) >= 11 is 6.02. The Morgan fingerprint density at radius 1 is 1.40 bits per heavy atom. The molecule has 4 heteroatoms. The predicted octanol–water partition coefficient (Wildman–Crippen LogP) is 3.24. The Labute approximate surface area is 126 Å². The van der Waals surface area contributed by atoms with Crippen molar-refractivity contribution >= 4 is 17.5 Å². The summed E-state index contributed by atoms with van der Waals surface area (Å²) < 4.78 is 0. The lowest BCUT2D eigenvalue weighted by Gasteiger charge is -2.37. The molecule has 1 fully saturated rings. The lowest BCUT2D eigenvalue weighted by molar-refractivity contribution is 0.0620. The molecule has 1 saturated carbocycles. The van der Waals surface area contributed by atoms with Crippen molar-refractivity contribution in [2.45, 2.75) is 38.6 Å². The molecule has 0 saturated heterocycles. The SMILES string of the molecule is Cc1cc(C(=O)N(C)C2CCCCC2CN)ccc1Cl. The van der Waals surface area contributed by atoms with Crippen molar-refractivity contribution in [3.63, 3.8) is 0 Å². The Bertz CT molecular complexity index is 489. The monoisotopic (exact) mass is 294 g/mol. The number of amides is 1. The van der Waals surface area contributed by atoms with Crippen LogP contribution in [0.2, 0.25) is 5.02 Å². The molecule has 1 aromatic carbocycles. The van der Waals surface area contributed by atoms with Gasteiger partial charge in [-0.15, -0.1) is 0 Å². The largest absolute Gasteiger partial charge is 0.338 e. The molecular formula is C16H23ClN2O. The first kappa shape index (κ1) is 15.3. The summed E-state index contributed by atoms with van der Waals surface area (Å²) in [4.78, 5) is 14.5. The van der Waals surface area contributed by atoms with Gasteiger partial charge in [0.1, 0.15) is 0 Å². The summed E-state index contributed by atoms with van der Waals surface area (Å²) in [7, 11) is 1.89. The normalized spacial score (nSPS) is 22.6. The van der Waals surface area contributed by atoms with Crippen molar-refractivity contribution in [2.75, 3.05) is 13.6 Å². The second kappa shape index (κ2) is 6.59. The molecule has 3 nitrogen and oxygen atoms in total. The second-order valence-corrected chi connectivity index (χ2v) is 6.13. The zero-order valence-electron chi connectivity index (χ0n) is 12.2. The molecule has 0 aliphatic heterocycles. The van der Waals surface area contributed by atoms with E-state index in [0.717, 1.165) is 18.4 Å². The van der Waals surface area contributed by atoms with Crippen LogP contribution < -0.4 is 5.73 Å². The number of benzene rings is 1. The van der Waals surface area contributed by atoms with E-state index >= 15 is 0 Å². The highest BCUT2D eigenvalue weighted by atomic mass is 35.5. The summed E-state index contributed by atoms with van der Waals surface area (Å²) in [5, 5.41) is 0.696. The number of aryl methyl sites for hydroxylation is 1. The summed E-state index contributed by atoms with van der Waals surface area (Å²) in [5.74, 6) is 0.487. The molecule has 2 unspecified atom stereocenters. The van der Waals surface area contributed by atoms with Crippen LogP contribution in [-0.2, 0) is 0 Å². The van der Waals surface area contributed by atoms with Gasteiger partial charge in [0.2, 0.25) is 0 Å². The van der Waals surface area contributed by atoms with E-state index in [9.17, 15) is 4.79 Å². The number of carbonyl (C=O) groups is 1. The molecule has 1 aliphatic rings. The zero-order valence-corrected chi connectivity index (χ0v) is 13.0. The summed E-state index contributed by atoms with van der Waals surface area (Å²) in [5.41, 5.74) is 7.50. The predicted molar refractivity (Wildman–Crippen MR) is 83.1 cm³/mol. The molecule has 1 aromatic rings. The standard InChI is InChI=1S/C16H23ClN2O/c1-11-9-12(7-8-14(11)17)16(20)19(2)15-6-4-3-5-13(15)10-18/h7-9,13,15H,3-6,10,18H2,1-2H3. The smallest absolute Gasteiger partial charge is 0.253 e. The molecular weight excluding hydrogens is 272 g/mol. The Kier molecular flexibility index (Phi) is 5.06. The van der Waals surface area contributed by atoms with Crippen LogP contribution >= 0.6 is 11.6 Å². The molecule has 20 heavy (non-hydrogen) atoms. The van der Waals surface area contributed by atoms with E-state index in [-0.39, 0.29) is 11.9 Å². The van der Waals surface area contributed by atoms with Crippen molar-refractivity contribution in [1.82, 2.24) is 4.90 Å². The van der Waals surface area contributed by atoms with E-state index in [0.29, 0.717) is 23.0 Å². The third kappa shape index (κ3) is 3.15. The van der Waals surface area contributed by atoms with Gasteiger partial charge in [-0.25, -0.2) is 0 Å². The Morgan fingerprint density at radius 3 is 2.75 bits per heavy atom. The molecule has 0 heterocycles. The minimum atomic E-state index is 0.0649. The molecule has 0 bridgehead atoms. The average molecular weight is 295 g/mol. The van der Waals surface area contributed by atoms with Crippen LogP contribution in [0.1, 0.15) is 41.6 Å². The number of hydrogen-bond acceptors (Lipinski definition) is 2. The van der Waals surface area contributed by atoms with Gasteiger partial charge in [0.25, 0.3) is 5.91 Å². The molecule has 0 radical (unpaired) electrons. The maximum absolute atomic E-state index is 12.6. The molecule has 0 aromatic heterocycles. The summed E-state index contributed by atoms with van der Waals surface area (Å²) in [6.45, 7) is 2.57. The minimum absolute atomic E-state index is 0.0649. The van der Waals surface area contributed by atoms with Gasteiger partial charge in [0, 0.05) is 23.7 Å². The maximum Gasteiger partial charge on any atom is 0.253 e. The van der Waals surface area contributed by atoms with Gasteiger partial charge in [-0.3, -0.25) is 4.79 Å². The van der Waals surface area contributed by atoms with Crippen molar-refractivity contribution in [3.05, 3.63) is 34.3 Å². The van der Waals surface area contributed by atoms with Gasteiger partial charge in [-0.05, 0) is 56.0 Å². The molecule has 1 amide bonds. The Balaban J connectivity index is 2.16. The fourth-order valence-electron chi connectivity index (χ4n) is 3.10. The summed E-state index contributed by atoms with van der Waals surface area (Å²) in [6, 6.07) is 5.71. The van der Waals surface area contributed by atoms with Crippen molar-refractivity contribution < 1.29 is 4.79 Å². The number of halogens is 1. The number of hydrogen-bond donors (Lipinski definition) is 1. The molecule has 0 spiro atoms. The van der Waals surface area contributed by atoms with Crippen molar-refractivity contribution in [3.8, 4) is 0 Å². The number of nitrogens with two attached hydrogens (primary N) is 1. The number of carbonyl (C=O) groups excluding carboxylic acids is 1. The topological polar surface area (TPSA) is 46.3 Å². The minimum Gasteiger partial charge on any atom is -0.338 e. The molecule has 2 rings (SSSR count). The van der Waals surface area contributed by atoms with Crippen LogP contribution in [0.25, 0.3) is 0 Å². The van der Waals surface area contributed by atoms with Gasteiger partial charge in [0.05, 0.1) is 0 Å². The first-order chi connectivity index (χ1) is 9.54. The van der Waals surface area contributed by atoms with Crippen molar-refractivity contribution in [1.29, 1.82) is 0 Å². The van der Waals surface area contributed by atoms with E-state index in [4.69, 9.17) is 17.3 Å². The molecule has 2 atom stereocenters. The van der Waals surface area contributed by atoms with E-state index in [2.05, 4.69) is 0 Å². The van der Waals surface area contributed by atoms with Crippen LogP contribution in [-0.4, -0.2) is 30.4 Å². The molecule has 110 valence electrons. The zero-order chi connectivity index (χ0) is 14.7. The van der Waals surface area contributed by atoms with Gasteiger partial charge in [0.15, 0.2) is 0 Å².